The highest BCUT2D eigenvalue weighted by molar-refractivity contribution is 9.10. The second kappa shape index (κ2) is 6.32. The van der Waals surface area contributed by atoms with E-state index in [1.165, 1.54) is 5.56 Å². The smallest absolute Gasteiger partial charge is 0.251 e. The van der Waals surface area contributed by atoms with Crippen LogP contribution in [-0.2, 0) is 6.54 Å². The van der Waals surface area contributed by atoms with Gasteiger partial charge in [-0.1, -0.05) is 64.0 Å². The first-order valence-corrected chi connectivity index (χ1v) is 7.94. The zero-order chi connectivity index (χ0) is 15.5. The highest BCUT2D eigenvalue weighted by Crippen LogP contribution is 2.20. The number of rotatable bonds is 3. The summed E-state index contributed by atoms with van der Waals surface area (Å²) in [4.78, 5) is 12.3. The lowest BCUT2D eigenvalue weighted by molar-refractivity contribution is 0.768. The van der Waals surface area contributed by atoms with Gasteiger partial charge in [-0.05, 0) is 36.2 Å². The number of hydrogen-bond donors (Lipinski definition) is 0. The predicted molar refractivity (Wildman–Crippen MR) is 94.1 cm³/mol. The molecule has 2 nitrogen and oxygen atoms in total. The Morgan fingerprint density at radius 3 is 2.27 bits per heavy atom. The van der Waals surface area contributed by atoms with Gasteiger partial charge in [0.25, 0.3) is 5.56 Å². The average Bonchev–Trinajstić information content (AvgIpc) is 2.52. The summed E-state index contributed by atoms with van der Waals surface area (Å²) in [6, 6.07) is 21.7. The number of hydrogen-bond acceptors (Lipinski definition) is 1. The molecule has 0 saturated heterocycles. The molecule has 0 aliphatic heterocycles. The summed E-state index contributed by atoms with van der Waals surface area (Å²) in [7, 11) is 0. The second-order valence-electron chi connectivity index (χ2n) is 5.33. The van der Waals surface area contributed by atoms with Gasteiger partial charge in [-0.3, -0.25) is 4.79 Å². The maximum atomic E-state index is 12.3. The Kier molecular flexibility index (Phi) is 4.25. The molecule has 0 aliphatic rings. The van der Waals surface area contributed by atoms with E-state index in [9.17, 15) is 4.79 Å². The van der Waals surface area contributed by atoms with Crippen molar-refractivity contribution in [1.29, 1.82) is 0 Å². The number of aryl methyl sites for hydroxylation is 1. The fraction of sp³-hybridized carbons (Fsp3) is 0.105. The van der Waals surface area contributed by atoms with Crippen molar-refractivity contribution in [3.63, 3.8) is 0 Å². The third kappa shape index (κ3) is 3.20. The molecule has 110 valence electrons. The van der Waals surface area contributed by atoms with Gasteiger partial charge in [-0.2, -0.15) is 0 Å². The van der Waals surface area contributed by atoms with Crippen LogP contribution in [0.2, 0.25) is 0 Å². The summed E-state index contributed by atoms with van der Waals surface area (Å²) in [5.41, 5.74) is 4.32. The molecule has 0 atom stereocenters. The van der Waals surface area contributed by atoms with E-state index in [1.54, 1.807) is 6.07 Å². The van der Waals surface area contributed by atoms with Crippen LogP contribution >= 0.6 is 15.9 Å². The summed E-state index contributed by atoms with van der Waals surface area (Å²) in [5.74, 6) is 0. The van der Waals surface area contributed by atoms with E-state index in [-0.39, 0.29) is 5.56 Å². The van der Waals surface area contributed by atoms with Gasteiger partial charge in [-0.15, -0.1) is 0 Å². The van der Waals surface area contributed by atoms with Crippen LogP contribution in [0.3, 0.4) is 0 Å². The van der Waals surface area contributed by atoms with E-state index in [2.05, 4.69) is 47.1 Å². The van der Waals surface area contributed by atoms with Crippen LogP contribution in [0.15, 0.2) is 76.0 Å². The van der Waals surface area contributed by atoms with E-state index in [4.69, 9.17) is 0 Å². The number of halogens is 1. The lowest BCUT2D eigenvalue weighted by Crippen LogP contribution is -2.21. The lowest BCUT2D eigenvalue weighted by Gasteiger charge is -2.13. The predicted octanol–water partition coefficient (Wildman–Crippen LogP) is 4.63. The minimum atomic E-state index is 0.0148. The van der Waals surface area contributed by atoms with E-state index in [0.29, 0.717) is 6.54 Å². The van der Waals surface area contributed by atoms with E-state index in [0.717, 1.165) is 21.3 Å². The molecule has 0 fully saturated rings. The molecule has 0 N–H and O–H groups in total. The van der Waals surface area contributed by atoms with Gasteiger partial charge in [0.15, 0.2) is 0 Å². The molecule has 0 spiro atoms. The second-order valence-corrected chi connectivity index (χ2v) is 6.24. The fourth-order valence-corrected chi connectivity index (χ4v) is 2.70. The van der Waals surface area contributed by atoms with E-state index >= 15 is 0 Å². The van der Waals surface area contributed by atoms with Crippen LogP contribution in [0, 0.1) is 6.92 Å². The first kappa shape index (κ1) is 14.8. The third-order valence-electron chi connectivity index (χ3n) is 3.65. The minimum absolute atomic E-state index is 0.0148. The Hall–Kier alpha value is -2.13. The van der Waals surface area contributed by atoms with Gasteiger partial charge >= 0.3 is 0 Å². The Morgan fingerprint density at radius 1 is 0.909 bits per heavy atom. The molecule has 0 unspecified atom stereocenters. The Balaban J connectivity index is 2.05. The molecule has 3 heteroatoms. The summed E-state index contributed by atoms with van der Waals surface area (Å²) < 4.78 is 2.85. The van der Waals surface area contributed by atoms with Crippen molar-refractivity contribution in [2.24, 2.45) is 0 Å². The molecule has 2 aromatic carbocycles. The van der Waals surface area contributed by atoms with Crippen LogP contribution in [0.25, 0.3) is 11.3 Å². The largest absolute Gasteiger partial charge is 0.304 e. The molecule has 1 aromatic heterocycles. The molecule has 3 aromatic rings. The van der Waals surface area contributed by atoms with Crippen molar-refractivity contribution >= 4 is 15.9 Å². The highest BCUT2D eigenvalue weighted by atomic mass is 79.9. The number of nitrogens with zero attached hydrogens (tertiary/aromatic N) is 1. The van der Waals surface area contributed by atoms with Crippen molar-refractivity contribution in [2.45, 2.75) is 13.5 Å². The fourth-order valence-electron chi connectivity index (χ4n) is 2.43. The van der Waals surface area contributed by atoms with Crippen molar-refractivity contribution < 1.29 is 0 Å². The summed E-state index contributed by atoms with van der Waals surface area (Å²) >= 11 is 3.43. The van der Waals surface area contributed by atoms with Crippen LogP contribution in [0.1, 0.15) is 11.1 Å². The Labute approximate surface area is 138 Å². The highest BCUT2D eigenvalue weighted by Gasteiger charge is 2.07. The maximum Gasteiger partial charge on any atom is 0.251 e. The monoisotopic (exact) mass is 353 g/mol. The Bertz CT molecular complexity index is 833. The quantitative estimate of drug-likeness (QED) is 0.672. The number of pyridine rings is 1. The molecular formula is C19H16BrNO. The number of aromatic nitrogens is 1. The molecule has 1 heterocycles. The van der Waals surface area contributed by atoms with Crippen molar-refractivity contribution in [1.82, 2.24) is 4.57 Å². The van der Waals surface area contributed by atoms with Crippen LogP contribution in [0.4, 0.5) is 0 Å². The van der Waals surface area contributed by atoms with Crippen LogP contribution in [-0.4, -0.2) is 4.57 Å². The number of benzene rings is 2. The van der Waals surface area contributed by atoms with Gasteiger partial charge in [0.05, 0.1) is 12.2 Å². The van der Waals surface area contributed by atoms with Crippen molar-refractivity contribution in [3.8, 4) is 11.3 Å². The zero-order valence-electron chi connectivity index (χ0n) is 12.3. The van der Waals surface area contributed by atoms with Crippen LogP contribution in [0.5, 0.6) is 0 Å². The topological polar surface area (TPSA) is 22.0 Å². The summed E-state index contributed by atoms with van der Waals surface area (Å²) in [6.45, 7) is 2.62. The molecule has 0 bridgehead atoms. The summed E-state index contributed by atoms with van der Waals surface area (Å²) in [6.07, 6.45) is 0. The van der Waals surface area contributed by atoms with Crippen molar-refractivity contribution in [3.05, 3.63) is 92.7 Å². The SMILES string of the molecule is Cc1ccc(-c2cccc(=O)n2Cc2ccc(Br)cc2)cc1. The van der Waals surface area contributed by atoms with E-state index in [1.807, 2.05) is 41.0 Å². The summed E-state index contributed by atoms with van der Waals surface area (Å²) in [5, 5.41) is 0. The first-order valence-electron chi connectivity index (χ1n) is 7.15. The van der Waals surface area contributed by atoms with Gasteiger partial charge in [0.1, 0.15) is 0 Å². The molecule has 0 amide bonds. The zero-order valence-corrected chi connectivity index (χ0v) is 13.9. The van der Waals surface area contributed by atoms with Gasteiger partial charge < -0.3 is 4.57 Å². The molecule has 0 saturated carbocycles. The minimum Gasteiger partial charge on any atom is -0.304 e. The molecule has 0 radical (unpaired) electrons. The normalized spacial score (nSPS) is 10.6. The van der Waals surface area contributed by atoms with Gasteiger partial charge in [0.2, 0.25) is 0 Å². The standard InChI is InChI=1S/C19H16BrNO/c1-14-5-9-16(10-6-14)18-3-2-4-19(22)21(18)13-15-7-11-17(20)12-8-15/h2-12H,13H2,1H3. The van der Waals surface area contributed by atoms with E-state index < -0.39 is 0 Å². The first-order chi connectivity index (χ1) is 10.6. The molecule has 0 aliphatic carbocycles. The van der Waals surface area contributed by atoms with Crippen molar-refractivity contribution in [2.75, 3.05) is 0 Å². The lowest BCUT2D eigenvalue weighted by atomic mass is 10.1. The molecule has 22 heavy (non-hydrogen) atoms. The molecule has 3 rings (SSSR count). The Morgan fingerprint density at radius 2 is 1.59 bits per heavy atom. The van der Waals surface area contributed by atoms with Gasteiger partial charge in [-0.25, -0.2) is 0 Å². The third-order valence-corrected chi connectivity index (χ3v) is 4.18. The maximum absolute atomic E-state index is 12.3. The van der Waals surface area contributed by atoms with Gasteiger partial charge in [0, 0.05) is 10.5 Å². The average molecular weight is 354 g/mol. The molecular weight excluding hydrogens is 338 g/mol. The van der Waals surface area contributed by atoms with Crippen LogP contribution < -0.4 is 5.56 Å².